The molecular formula is C33H32N2. The van der Waals surface area contributed by atoms with Crippen molar-refractivity contribution < 1.29 is 0 Å². The summed E-state index contributed by atoms with van der Waals surface area (Å²) in [5.41, 5.74) is 9.21. The van der Waals surface area contributed by atoms with Crippen LogP contribution in [0.1, 0.15) is 51.3 Å². The highest BCUT2D eigenvalue weighted by molar-refractivity contribution is 6.14. The Hall–Kier alpha value is -4.09. The molecule has 1 heterocycles. The molecule has 2 nitrogen and oxygen atoms in total. The molecular weight excluding hydrogens is 424 g/mol. The lowest BCUT2D eigenvalue weighted by atomic mass is 9.80. The van der Waals surface area contributed by atoms with Crippen LogP contribution in [0.15, 0.2) is 97.6 Å². The molecule has 4 aromatic carbocycles. The summed E-state index contributed by atoms with van der Waals surface area (Å²) in [6.45, 7) is 13.9. The van der Waals surface area contributed by atoms with Gasteiger partial charge in [-0.2, -0.15) is 5.26 Å². The van der Waals surface area contributed by atoms with E-state index in [2.05, 4.69) is 91.7 Å². The van der Waals surface area contributed by atoms with Gasteiger partial charge in [-0.15, -0.1) is 6.58 Å². The summed E-state index contributed by atoms with van der Waals surface area (Å²) in [5, 5.41) is 12.3. The molecule has 2 heteroatoms. The molecule has 1 aliphatic rings. The average Bonchev–Trinajstić information content (AvgIpc) is 3.35. The van der Waals surface area contributed by atoms with Crippen LogP contribution < -0.4 is 0 Å². The first-order chi connectivity index (χ1) is 17.0. The van der Waals surface area contributed by atoms with Gasteiger partial charge in [-0.3, -0.25) is 0 Å². The van der Waals surface area contributed by atoms with Crippen molar-refractivity contribution in [2.75, 3.05) is 0 Å². The number of nitrogens with zero attached hydrogens (tertiary/aromatic N) is 2. The summed E-state index contributed by atoms with van der Waals surface area (Å²) in [4.78, 5) is 0. The van der Waals surface area contributed by atoms with E-state index in [0.29, 0.717) is 5.56 Å². The first kappa shape index (κ1) is 24.0. The zero-order valence-corrected chi connectivity index (χ0v) is 21.3. The van der Waals surface area contributed by atoms with Crippen LogP contribution in [0, 0.1) is 11.3 Å². The van der Waals surface area contributed by atoms with Crippen molar-refractivity contribution >= 4 is 21.8 Å². The second kappa shape index (κ2) is 9.65. The van der Waals surface area contributed by atoms with E-state index in [0.717, 1.165) is 16.7 Å². The molecule has 5 aromatic rings. The van der Waals surface area contributed by atoms with Gasteiger partial charge >= 0.3 is 0 Å². The zero-order chi connectivity index (χ0) is 25.2. The fraction of sp³-hybridized carbons (Fsp3) is 0.182. The van der Waals surface area contributed by atoms with Crippen LogP contribution in [0.3, 0.4) is 0 Å². The quantitative estimate of drug-likeness (QED) is 0.231. The van der Waals surface area contributed by atoms with Crippen molar-refractivity contribution in [2.24, 2.45) is 0 Å². The first-order valence-corrected chi connectivity index (χ1v) is 12.3. The SMILES string of the molecule is C=CC.CC.CC1(C)c2ccccc2-c2ccc3c(c21)c1ccccc1n3-c1ccccc1C#N. The third-order valence-electron chi connectivity index (χ3n) is 6.62. The van der Waals surface area contributed by atoms with Gasteiger partial charge in [-0.25, -0.2) is 0 Å². The van der Waals surface area contributed by atoms with Crippen LogP contribution >= 0.6 is 0 Å². The lowest BCUT2D eigenvalue weighted by molar-refractivity contribution is 0.666. The molecule has 0 bridgehead atoms. The molecule has 174 valence electrons. The normalized spacial score (nSPS) is 12.5. The van der Waals surface area contributed by atoms with Gasteiger partial charge in [0.05, 0.1) is 22.3 Å². The highest BCUT2D eigenvalue weighted by atomic mass is 15.0. The van der Waals surface area contributed by atoms with Crippen molar-refractivity contribution in [3.63, 3.8) is 0 Å². The van der Waals surface area contributed by atoms with Gasteiger partial charge in [0.15, 0.2) is 0 Å². The number of rotatable bonds is 1. The van der Waals surface area contributed by atoms with Crippen molar-refractivity contribution in [3.8, 4) is 22.9 Å². The van der Waals surface area contributed by atoms with E-state index in [1.807, 2.05) is 45.0 Å². The lowest BCUT2D eigenvalue weighted by Crippen LogP contribution is -2.15. The van der Waals surface area contributed by atoms with E-state index in [1.165, 1.54) is 33.0 Å². The predicted molar refractivity (Wildman–Crippen MR) is 150 cm³/mol. The topological polar surface area (TPSA) is 28.7 Å². The zero-order valence-electron chi connectivity index (χ0n) is 21.3. The largest absolute Gasteiger partial charge is 0.308 e. The number of fused-ring (bicyclic) bond motifs is 7. The summed E-state index contributed by atoms with van der Waals surface area (Å²) in [5.74, 6) is 0. The van der Waals surface area contributed by atoms with Crippen molar-refractivity contribution in [1.82, 2.24) is 4.57 Å². The Morgan fingerprint density at radius 3 is 2.17 bits per heavy atom. The molecule has 6 rings (SSSR count). The molecule has 0 N–H and O–H groups in total. The molecule has 1 aliphatic carbocycles. The number of allylic oxidation sites excluding steroid dienone is 1. The van der Waals surface area contributed by atoms with E-state index in [4.69, 9.17) is 0 Å². The van der Waals surface area contributed by atoms with Crippen LogP contribution in [0.5, 0.6) is 0 Å². The molecule has 0 fully saturated rings. The van der Waals surface area contributed by atoms with E-state index in [1.54, 1.807) is 6.08 Å². The van der Waals surface area contributed by atoms with Gasteiger partial charge in [0.2, 0.25) is 0 Å². The van der Waals surface area contributed by atoms with Crippen molar-refractivity contribution in [3.05, 3.63) is 114 Å². The minimum absolute atomic E-state index is 0.0882. The molecule has 0 spiro atoms. The van der Waals surface area contributed by atoms with E-state index in [-0.39, 0.29) is 5.41 Å². The highest BCUT2D eigenvalue weighted by Crippen LogP contribution is 2.53. The number of hydrogen-bond acceptors (Lipinski definition) is 1. The number of nitriles is 1. The monoisotopic (exact) mass is 456 g/mol. The maximum atomic E-state index is 9.75. The third-order valence-corrected chi connectivity index (χ3v) is 6.62. The smallest absolute Gasteiger partial charge is 0.101 e. The fourth-order valence-corrected chi connectivity index (χ4v) is 5.35. The molecule has 0 unspecified atom stereocenters. The second-order valence-corrected chi connectivity index (χ2v) is 8.94. The van der Waals surface area contributed by atoms with Crippen LogP contribution in [0.25, 0.3) is 38.6 Å². The van der Waals surface area contributed by atoms with Gasteiger partial charge in [0.25, 0.3) is 0 Å². The summed E-state index contributed by atoms with van der Waals surface area (Å²) in [6.07, 6.45) is 1.75. The van der Waals surface area contributed by atoms with E-state index >= 15 is 0 Å². The Labute approximate surface area is 208 Å². The Kier molecular flexibility index (Phi) is 6.63. The van der Waals surface area contributed by atoms with Gasteiger partial charge in [-0.05, 0) is 53.4 Å². The minimum Gasteiger partial charge on any atom is -0.308 e. The summed E-state index contributed by atoms with van der Waals surface area (Å²) >= 11 is 0. The van der Waals surface area contributed by atoms with E-state index < -0.39 is 0 Å². The maximum Gasteiger partial charge on any atom is 0.101 e. The number of aromatic nitrogens is 1. The highest BCUT2D eigenvalue weighted by Gasteiger charge is 2.37. The predicted octanol–water partition coefficient (Wildman–Crippen LogP) is 9.18. The summed E-state index contributed by atoms with van der Waals surface area (Å²) < 4.78 is 2.25. The van der Waals surface area contributed by atoms with Crippen LogP contribution in [-0.2, 0) is 5.41 Å². The third kappa shape index (κ3) is 3.65. The average molecular weight is 457 g/mol. The van der Waals surface area contributed by atoms with Crippen molar-refractivity contribution in [1.29, 1.82) is 5.26 Å². The van der Waals surface area contributed by atoms with Crippen LogP contribution in [0.4, 0.5) is 0 Å². The Morgan fingerprint density at radius 1 is 0.800 bits per heavy atom. The fourth-order valence-electron chi connectivity index (χ4n) is 5.35. The lowest BCUT2D eigenvalue weighted by Gasteiger charge is -2.22. The molecule has 0 amide bonds. The summed E-state index contributed by atoms with van der Waals surface area (Å²) in [6, 6.07) is 32.0. The van der Waals surface area contributed by atoms with Crippen LogP contribution in [0.2, 0.25) is 0 Å². The number of para-hydroxylation sites is 2. The maximum absolute atomic E-state index is 9.75. The molecule has 35 heavy (non-hydrogen) atoms. The van der Waals surface area contributed by atoms with E-state index in [9.17, 15) is 5.26 Å². The van der Waals surface area contributed by atoms with Crippen LogP contribution in [-0.4, -0.2) is 4.57 Å². The van der Waals surface area contributed by atoms with Gasteiger partial charge < -0.3 is 4.57 Å². The standard InChI is InChI=1S/C28H20N2.C3H6.C2H6/c1-28(2)22-12-6-4-10-19(22)20-15-16-25-26(27(20)28)21-11-5-8-14-24(21)30(25)23-13-7-3-9-18(23)17-29;1-3-2;1-2/h3-16H,1-2H3;3H,1H2,2H3;1-2H3. The number of hydrogen-bond donors (Lipinski definition) is 0. The molecule has 0 atom stereocenters. The van der Waals surface area contributed by atoms with Gasteiger partial charge in [0.1, 0.15) is 6.07 Å². The molecule has 0 saturated heterocycles. The molecule has 0 radical (unpaired) electrons. The molecule has 0 saturated carbocycles. The van der Waals surface area contributed by atoms with Gasteiger partial charge in [0, 0.05) is 16.2 Å². The second-order valence-electron chi connectivity index (χ2n) is 8.94. The number of benzene rings is 4. The Balaban J connectivity index is 0.000000539. The Bertz CT molecular complexity index is 1570. The van der Waals surface area contributed by atoms with Crippen molar-refractivity contribution in [2.45, 2.75) is 40.0 Å². The first-order valence-electron chi connectivity index (χ1n) is 12.3. The minimum atomic E-state index is -0.0882. The van der Waals surface area contributed by atoms with Gasteiger partial charge in [-0.1, -0.05) is 94.4 Å². The molecule has 0 aliphatic heterocycles. The molecule has 1 aromatic heterocycles. The summed E-state index contributed by atoms with van der Waals surface area (Å²) in [7, 11) is 0. The Morgan fingerprint density at radius 2 is 1.43 bits per heavy atom.